The van der Waals surface area contributed by atoms with E-state index in [4.69, 9.17) is 5.73 Å². The van der Waals surface area contributed by atoms with Crippen molar-refractivity contribution >= 4 is 23.1 Å². The van der Waals surface area contributed by atoms with E-state index < -0.39 is 16.9 Å². The van der Waals surface area contributed by atoms with E-state index in [1.165, 1.54) is 13.0 Å². The number of nitro benzene ring substituents is 1. The molecule has 1 aliphatic carbocycles. The van der Waals surface area contributed by atoms with E-state index in [9.17, 15) is 19.7 Å². The number of primary amides is 1. The number of nitrogens with two attached hydrogens (primary N) is 1. The Kier molecular flexibility index (Phi) is 4.26. The number of carbonyl (C=O) groups excluding carboxylic acids is 2. The standard InChI is InChI=1S/C17H21N3O4/c1-10(21)11-6-7-14(15(8-11)20(23)24)19-13-5-3-2-4-12(13)9-16(19)17(18)22/h6-8,12-13,16H,2-5,9H2,1H3,(H2,18,22)/t12-,13+,16+/m1/s1. The first kappa shape index (κ1) is 16.4. The average molecular weight is 331 g/mol. The fraction of sp³-hybridized carbons (Fsp3) is 0.529. The van der Waals surface area contributed by atoms with Gasteiger partial charge in [0.2, 0.25) is 5.91 Å². The van der Waals surface area contributed by atoms with E-state index in [1.807, 2.05) is 4.90 Å². The fourth-order valence-electron chi connectivity index (χ4n) is 4.17. The minimum absolute atomic E-state index is 0.0955. The summed E-state index contributed by atoms with van der Waals surface area (Å²) in [5, 5.41) is 11.5. The highest BCUT2D eigenvalue weighted by molar-refractivity contribution is 5.96. The zero-order valence-electron chi connectivity index (χ0n) is 13.6. The minimum Gasteiger partial charge on any atom is -0.368 e. The molecule has 1 aromatic carbocycles. The Morgan fingerprint density at radius 3 is 2.62 bits per heavy atom. The van der Waals surface area contributed by atoms with Crippen LogP contribution >= 0.6 is 0 Å². The number of Topliss-reactive ketones (excluding diaryl/α,β-unsaturated/α-hetero) is 1. The van der Waals surface area contributed by atoms with Gasteiger partial charge in [0.05, 0.1) is 4.92 Å². The quantitative estimate of drug-likeness (QED) is 0.518. The molecule has 1 aromatic rings. The molecule has 1 saturated heterocycles. The van der Waals surface area contributed by atoms with Crippen molar-refractivity contribution in [2.45, 2.75) is 51.1 Å². The lowest BCUT2D eigenvalue weighted by atomic mass is 9.84. The van der Waals surface area contributed by atoms with E-state index >= 15 is 0 Å². The van der Waals surface area contributed by atoms with Crippen LogP contribution in [0.25, 0.3) is 0 Å². The summed E-state index contributed by atoms with van der Waals surface area (Å²) in [4.78, 5) is 36.4. The molecule has 0 bridgehead atoms. The van der Waals surface area contributed by atoms with Gasteiger partial charge in [0.25, 0.3) is 5.69 Å². The lowest BCUT2D eigenvalue weighted by Crippen LogP contribution is -2.45. The summed E-state index contributed by atoms with van der Waals surface area (Å²) in [6.07, 6.45) is 4.73. The molecular weight excluding hydrogens is 310 g/mol. The van der Waals surface area contributed by atoms with Crippen LogP contribution in [-0.4, -0.2) is 28.7 Å². The third-order valence-electron chi connectivity index (χ3n) is 5.27. The molecule has 3 atom stereocenters. The van der Waals surface area contributed by atoms with Gasteiger partial charge in [-0.2, -0.15) is 0 Å². The smallest absolute Gasteiger partial charge is 0.293 e. The molecular formula is C17H21N3O4. The Hall–Kier alpha value is -2.44. The highest BCUT2D eigenvalue weighted by Crippen LogP contribution is 2.45. The molecule has 2 fully saturated rings. The van der Waals surface area contributed by atoms with Crippen LogP contribution in [0.4, 0.5) is 11.4 Å². The van der Waals surface area contributed by atoms with E-state index in [-0.39, 0.29) is 17.5 Å². The highest BCUT2D eigenvalue weighted by atomic mass is 16.6. The molecule has 128 valence electrons. The molecule has 1 aliphatic heterocycles. The Bertz CT molecular complexity index is 703. The van der Waals surface area contributed by atoms with Gasteiger partial charge in [-0.05, 0) is 44.2 Å². The summed E-state index contributed by atoms with van der Waals surface area (Å²) >= 11 is 0. The number of fused-ring (bicyclic) bond motifs is 1. The normalized spacial score (nSPS) is 26.0. The highest BCUT2D eigenvalue weighted by Gasteiger charge is 2.46. The van der Waals surface area contributed by atoms with Crippen LogP contribution in [0.15, 0.2) is 18.2 Å². The Labute approximate surface area is 140 Å². The first-order valence-corrected chi connectivity index (χ1v) is 8.27. The molecule has 2 N–H and O–H groups in total. The van der Waals surface area contributed by atoms with Gasteiger partial charge >= 0.3 is 0 Å². The number of hydrogen-bond acceptors (Lipinski definition) is 5. The van der Waals surface area contributed by atoms with Gasteiger partial charge < -0.3 is 10.6 Å². The van der Waals surface area contributed by atoms with Gasteiger partial charge in [-0.25, -0.2) is 0 Å². The van der Waals surface area contributed by atoms with E-state index in [2.05, 4.69) is 0 Å². The van der Waals surface area contributed by atoms with Crippen LogP contribution in [0.1, 0.15) is 49.4 Å². The molecule has 7 heteroatoms. The van der Waals surface area contributed by atoms with Gasteiger partial charge in [0, 0.05) is 17.7 Å². The number of ketones is 1. The summed E-state index contributed by atoms with van der Waals surface area (Å²) in [7, 11) is 0. The van der Waals surface area contributed by atoms with Crippen molar-refractivity contribution in [3.05, 3.63) is 33.9 Å². The molecule has 1 saturated carbocycles. The molecule has 3 rings (SSSR count). The zero-order chi connectivity index (χ0) is 17.4. The van der Waals surface area contributed by atoms with E-state index in [0.717, 1.165) is 25.7 Å². The predicted octanol–water partition coefficient (Wildman–Crippen LogP) is 2.42. The summed E-state index contributed by atoms with van der Waals surface area (Å²) in [5.41, 5.74) is 6.12. The van der Waals surface area contributed by atoms with Gasteiger partial charge in [-0.15, -0.1) is 0 Å². The third kappa shape index (κ3) is 2.74. The van der Waals surface area contributed by atoms with Crippen LogP contribution < -0.4 is 10.6 Å². The predicted molar refractivity (Wildman–Crippen MR) is 88.9 cm³/mol. The molecule has 24 heavy (non-hydrogen) atoms. The second kappa shape index (κ2) is 6.22. The second-order valence-corrected chi connectivity index (χ2v) is 6.69. The Morgan fingerprint density at radius 2 is 2.00 bits per heavy atom. The van der Waals surface area contributed by atoms with E-state index in [0.29, 0.717) is 23.6 Å². The number of amides is 1. The molecule has 1 amide bonds. The van der Waals surface area contributed by atoms with Crippen LogP contribution in [0.2, 0.25) is 0 Å². The van der Waals surface area contributed by atoms with Crippen LogP contribution in [0.5, 0.6) is 0 Å². The van der Waals surface area contributed by atoms with Gasteiger partial charge in [-0.1, -0.05) is 12.8 Å². The summed E-state index contributed by atoms with van der Waals surface area (Å²) in [5.74, 6) is -0.342. The second-order valence-electron chi connectivity index (χ2n) is 6.69. The summed E-state index contributed by atoms with van der Waals surface area (Å²) < 4.78 is 0. The number of carbonyl (C=O) groups is 2. The van der Waals surface area contributed by atoms with Crippen molar-refractivity contribution < 1.29 is 14.5 Å². The van der Waals surface area contributed by atoms with Crippen molar-refractivity contribution in [1.82, 2.24) is 0 Å². The SMILES string of the molecule is CC(=O)c1ccc(N2[C@H](C(N)=O)C[C@H]3CCCC[C@@H]32)c([N+](=O)[O-])c1. The molecule has 7 nitrogen and oxygen atoms in total. The number of hydrogen-bond donors (Lipinski definition) is 1. The van der Waals surface area contributed by atoms with Crippen molar-refractivity contribution in [3.8, 4) is 0 Å². The molecule has 0 unspecified atom stereocenters. The topological polar surface area (TPSA) is 107 Å². The lowest BCUT2D eigenvalue weighted by Gasteiger charge is -2.34. The lowest BCUT2D eigenvalue weighted by molar-refractivity contribution is -0.384. The van der Waals surface area contributed by atoms with Gasteiger partial charge in [0.15, 0.2) is 5.78 Å². The molecule has 1 heterocycles. The van der Waals surface area contributed by atoms with Crippen molar-refractivity contribution in [2.75, 3.05) is 4.90 Å². The number of nitrogens with zero attached hydrogens (tertiary/aromatic N) is 2. The number of nitro groups is 1. The van der Waals surface area contributed by atoms with Crippen LogP contribution in [0, 0.1) is 16.0 Å². The van der Waals surface area contributed by atoms with Crippen molar-refractivity contribution in [1.29, 1.82) is 0 Å². The van der Waals surface area contributed by atoms with Crippen LogP contribution in [-0.2, 0) is 4.79 Å². The summed E-state index contributed by atoms with van der Waals surface area (Å²) in [6.45, 7) is 1.37. The molecule has 2 aliphatic rings. The minimum atomic E-state index is -0.528. The summed E-state index contributed by atoms with van der Waals surface area (Å²) in [6, 6.07) is 4.03. The fourth-order valence-corrected chi connectivity index (χ4v) is 4.17. The molecule has 0 spiro atoms. The average Bonchev–Trinajstić information content (AvgIpc) is 2.93. The van der Waals surface area contributed by atoms with Gasteiger partial charge in [-0.3, -0.25) is 19.7 Å². The van der Waals surface area contributed by atoms with Crippen molar-refractivity contribution in [2.24, 2.45) is 11.7 Å². The first-order chi connectivity index (χ1) is 11.4. The molecule has 0 aromatic heterocycles. The monoisotopic (exact) mass is 331 g/mol. The Balaban J connectivity index is 2.09. The maximum Gasteiger partial charge on any atom is 0.293 e. The largest absolute Gasteiger partial charge is 0.368 e. The Morgan fingerprint density at radius 1 is 1.29 bits per heavy atom. The number of anilines is 1. The van der Waals surface area contributed by atoms with Crippen molar-refractivity contribution in [3.63, 3.8) is 0 Å². The van der Waals surface area contributed by atoms with Gasteiger partial charge in [0.1, 0.15) is 11.7 Å². The third-order valence-corrected chi connectivity index (χ3v) is 5.27. The number of benzene rings is 1. The van der Waals surface area contributed by atoms with Crippen LogP contribution in [0.3, 0.4) is 0 Å². The maximum atomic E-state index is 11.9. The zero-order valence-corrected chi connectivity index (χ0v) is 13.6. The first-order valence-electron chi connectivity index (χ1n) is 8.27. The number of rotatable bonds is 4. The maximum absolute atomic E-state index is 11.9. The molecule has 0 radical (unpaired) electrons. The van der Waals surface area contributed by atoms with E-state index in [1.54, 1.807) is 12.1 Å².